The number of benzene rings is 2. The smallest absolute Gasteiger partial charge is 0.326 e. The van der Waals surface area contributed by atoms with E-state index in [0.29, 0.717) is 24.2 Å². The molecule has 27 nitrogen and oxygen atoms in total. The van der Waals surface area contributed by atoms with E-state index in [-0.39, 0.29) is 48.8 Å². The maximum absolute atomic E-state index is 14.5. The number of amides is 10. The van der Waals surface area contributed by atoms with Gasteiger partial charge in [-0.1, -0.05) is 58.4 Å². The lowest BCUT2D eigenvalue weighted by molar-refractivity contribution is -0.146. The molecule has 0 unspecified atom stereocenters. The molecule has 440 valence electrons. The van der Waals surface area contributed by atoms with E-state index in [9.17, 15) is 78.0 Å². The first-order valence-electron chi connectivity index (χ1n) is 25.9. The molecule has 0 radical (unpaired) electrons. The lowest BCUT2D eigenvalue weighted by Gasteiger charge is -2.31. The standard InChI is InChI=1S/C52H75N11O16S/c1-6-27(4)42(55)50(76)57-33(19-21-80-5)45(71)56-32(17-18-39(53)66)44(70)60-36(25-41(68)69)48(74)58-34(22-28-9-13-30(64)14-10-28)46(72)59-35(24-40(54)67)47(73)61-37(23-29-11-15-31(65)16-12-29)51(77)63-20-7-8-38(63)49(75)62-43(26(2)3)52(78)79/h9-16,26-27,32-38,42-43,64-65H,6-8,17-25,55H2,1-5H3,(H2,53,66)(H2,54,67)(H,56,71)(H,57,76)(H,58,74)(H,59,72)(H,60,70)(H,61,73)(H,62,75)(H,68,69)(H,78,79)/t27-,32-,33-,34-,35-,36-,37-,38-,42-,43-/m0/s1. The van der Waals surface area contributed by atoms with Gasteiger partial charge < -0.3 is 79.7 Å². The van der Waals surface area contributed by atoms with Crippen LogP contribution in [0.4, 0.5) is 0 Å². The van der Waals surface area contributed by atoms with Crippen LogP contribution in [0.5, 0.6) is 11.5 Å². The van der Waals surface area contributed by atoms with Crippen LogP contribution in [0, 0.1) is 11.8 Å². The van der Waals surface area contributed by atoms with Crippen LogP contribution in [0.3, 0.4) is 0 Å². The predicted molar refractivity (Wildman–Crippen MR) is 289 cm³/mol. The fourth-order valence-corrected chi connectivity index (χ4v) is 8.88. The van der Waals surface area contributed by atoms with Gasteiger partial charge in [-0.2, -0.15) is 11.8 Å². The normalized spacial score (nSPS) is 16.4. The molecule has 0 bridgehead atoms. The average molecular weight is 1140 g/mol. The second kappa shape index (κ2) is 32.2. The third-order valence-corrected chi connectivity index (χ3v) is 13.9. The van der Waals surface area contributed by atoms with Crippen molar-refractivity contribution in [2.75, 3.05) is 18.6 Å². The third-order valence-electron chi connectivity index (χ3n) is 13.2. The highest BCUT2D eigenvalue weighted by molar-refractivity contribution is 7.98. The fourth-order valence-electron chi connectivity index (χ4n) is 8.41. The zero-order valence-corrected chi connectivity index (χ0v) is 46.0. The van der Waals surface area contributed by atoms with Gasteiger partial charge in [-0.05, 0) is 84.9 Å². The number of nitrogens with zero attached hydrogens (tertiary/aromatic N) is 1. The number of hydrogen-bond donors (Lipinski definition) is 14. The Bertz CT molecular complexity index is 2540. The quantitative estimate of drug-likeness (QED) is 0.0359. The zero-order chi connectivity index (χ0) is 60.0. The van der Waals surface area contributed by atoms with E-state index >= 15 is 0 Å². The second-order valence-corrected chi connectivity index (χ2v) is 20.8. The molecule has 0 aliphatic carbocycles. The van der Waals surface area contributed by atoms with Crippen LogP contribution in [-0.4, -0.2) is 169 Å². The number of carboxylic acids is 2. The summed E-state index contributed by atoms with van der Waals surface area (Å²) >= 11 is 1.35. The van der Waals surface area contributed by atoms with Crippen molar-refractivity contribution in [2.24, 2.45) is 29.0 Å². The molecule has 0 saturated carbocycles. The number of primary amides is 2. The van der Waals surface area contributed by atoms with Crippen molar-refractivity contribution in [2.45, 2.75) is 146 Å². The van der Waals surface area contributed by atoms with Gasteiger partial charge in [0.05, 0.1) is 18.9 Å². The summed E-state index contributed by atoms with van der Waals surface area (Å²) in [7, 11) is 0. The van der Waals surface area contributed by atoms with Crippen molar-refractivity contribution >= 4 is 82.8 Å². The number of carbonyl (C=O) groups excluding carboxylic acids is 10. The summed E-state index contributed by atoms with van der Waals surface area (Å²) in [5.74, 6) is -13.6. The SMILES string of the molecule is CC[C@H](C)[C@H](N)C(=O)N[C@@H](CCSC)C(=O)N[C@@H](CCC(N)=O)C(=O)N[C@@H](CC(=O)O)C(=O)N[C@@H](Cc1ccc(O)cc1)C(=O)N[C@@H](CC(N)=O)C(=O)N[C@@H](Cc1ccc(O)cc1)C(=O)N1CCC[C@H]1C(=O)N[C@H](C(=O)O)C(C)C. The van der Waals surface area contributed by atoms with E-state index < -0.39 is 163 Å². The summed E-state index contributed by atoms with van der Waals surface area (Å²) < 4.78 is 0. The Morgan fingerprint density at radius 3 is 1.54 bits per heavy atom. The summed E-state index contributed by atoms with van der Waals surface area (Å²) in [6.45, 7) is 6.74. The van der Waals surface area contributed by atoms with Gasteiger partial charge in [0, 0.05) is 25.8 Å². The molecule has 0 aromatic heterocycles. The third kappa shape index (κ3) is 21.3. The van der Waals surface area contributed by atoms with Crippen molar-refractivity contribution in [3.05, 3.63) is 59.7 Å². The minimum atomic E-state index is -2.02. The molecule has 0 spiro atoms. The number of phenolic OH excluding ortho intramolecular Hbond substituents is 2. The number of nitrogens with two attached hydrogens (primary N) is 3. The Kier molecular flexibility index (Phi) is 26.6. The largest absolute Gasteiger partial charge is 0.508 e. The Morgan fingerprint density at radius 2 is 1.06 bits per heavy atom. The lowest BCUT2D eigenvalue weighted by Crippen LogP contribution is -2.61. The van der Waals surface area contributed by atoms with Crippen molar-refractivity contribution in [1.29, 1.82) is 0 Å². The molecule has 2 aromatic rings. The van der Waals surface area contributed by atoms with Gasteiger partial charge in [-0.15, -0.1) is 0 Å². The molecular weight excluding hydrogens is 1070 g/mol. The van der Waals surface area contributed by atoms with Gasteiger partial charge in [0.25, 0.3) is 0 Å². The first-order chi connectivity index (χ1) is 37.6. The molecular formula is C52H75N11O16S. The highest BCUT2D eigenvalue weighted by Crippen LogP contribution is 2.22. The van der Waals surface area contributed by atoms with E-state index in [1.807, 2.05) is 6.92 Å². The monoisotopic (exact) mass is 1140 g/mol. The molecule has 1 fully saturated rings. The summed E-state index contributed by atoms with van der Waals surface area (Å²) in [5.41, 5.74) is 17.7. The van der Waals surface area contributed by atoms with Gasteiger partial charge >= 0.3 is 11.9 Å². The molecule has 3 rings (SSSR count). The molecule has 80 heavy (non-hydrogen) atoms. The van der Waals surface area contributed by atoms with Crippen LogP contribution in [0.2, 0.25) is 0 Å². The van der Waals surface area contributed by atoms with Crippen LogP contribution in [0.25, 0.3) is 0 Å². The molecule has 28 heteroatoms. The molecule has 1 saturated heterocycles. The number of aliphatic carboxylic acids is 2. The molecule has 1 aliphatic rings. The molecule has 2 aromatic carbocycles. The predicted octanol–water partition coefficient (Wildman–Crippen LogP) is -2.25. The van der Waals surface area contributed by atoms with Crippen molar-refractivity contribution in [3.63, 3.8) is 0 Å². The maximum Gasteiger partial charge on any atom is 0.326 e. The lowest BCUT2D eigenvalue weighted by atomic mass is 9.99. The first kappa shape index (κ1) is 66.3. The maximum atomic E-state index is 14.5. The van der Waals surface area contributed by atoms with E-state index in [2.05, 4.69) is 37.2 Å². The van der Waals surface area contributed by atoms with Crippen LogP contribution in [-0.2, 0) is 70.4 Å². The van der Waals surface area contributed by atoms with Crippen LogP contribution >= 0.6 is 11.8 Å². The number of rotatable bonds is 33. The van der Waals surface area contributed by atoms with E-state index in [1.165, 1.54) is 65.2 Å². The van der Waals surface area contributed by atoms with E-state index in [1.54, 1.807) is 27.0 Å². The van der Waals surface area contributed by atoms with Gasteiger partial charge in [-0.3, -0.25) is 52.7 Å². The number of phenols is 2. The number of thioether (sulfide) groups is 1. The Labute approximate surface area is 466 Å². The van der Waals surface area contributed by atoms with Gasteiger partial charge in [0.2, 0.25) is 59.1 Å². The van der Waals surface area contributed by atoms with E-state index in [0.717, 1.165) is 0 Å². The number of carboxylic acid groups (broad SMARTS) is 2. The zero-order valence-electron chi connectivity index (χ0n) is 45.2. The number of likely N-dealkylation sites (tertiary alicyclic amines) is 1. The highest BCUT2D eigenvalue weighted by atomic mass is 32.2. The van der Waals surface area contributed by atoms with Gasteiger partial charge in [-0.25, -0.2) is 4.79 Å². The fraction of sp³-hybridized carbons (Fsp3) is 0.538. The van der Waals surface area contributed by atoms with Crippen LogP contribution < -0.4 is 54.4 Å². The number of nitrogens with one attached hydrogen (secondary N) is 7. The van der Waals surface area contributed by atoms with Crippen molar-refractivity contribution in [3.8, 4) is 11.5 Å². The Morgan fingerprint density at radius 1 is 0.613 bits per heavy atom. The number of hydrogen-bond acceptors (Lipinski definition) is 16. The number of carbonyl (C=O) groups is 12. The topological polar surface area (TPSA) is 451 Å². The van der Waals surface area contributed by atoms with Crippen LogP contribution in [0.1, 0.15) is 90.2 Å². The molecule has 1 aliphatic heterocycles. The molecule has 17 N–H and O–H groups in total. The van der Waals surface area contributed by atoms with Crippen LogP contribution in [0.15, 0.2) is 48.5 Å². The first-order valence-corrected chi connectivity index (χ1v) is 27.3. The summed E-state index contributed by atoms with van der Waals surface area (Å²) in [6.07, 6.45) is -0.878. The van der Waals surface area contributed by atoms with E-state index in [4.69, 9.17) is 17.2 Å². The molecule has 10 atom stereocenters. The second-order valence-electron chi connectivity index (χ2n) is 19.8. The van der Waals surface area contributed by atoms with Crippen molar-refractivity contribution in [1.82, 2.24) is 42.1 Å². The number of aromatic hydroxyl groups is 2. The summed E-state index contributed by atoms with van der Waals surface area (Å²) in [6, 6.07) is -2.84. The van der Waals surface area contributed by atoms with Crippen molar-refractivity contribution < 1.29 is 78.0 Å². The van der Waals surface area contributed by atoms with Gasteiger partial charge in [0.15, 0.2) is 0 Å². The Balaban J connectivity index is 2.00. The average Bonchev–Trinajstić information content (AvgIpc) is 3.90. The highest BCUT2D eigenvalue weighted by Gasteiger charge is 2.41. The molecule has 10 amide bonds. The minimum Gasteiger partial charge on any atom is -0.508 e. The minimum absolute atomic E-state index is 0.0110. The summed E-state index contributed by atoms with van der Waals surface area (Å²) in [4.78, 5) is 162. The Hall–Kier alpha value is -8.01. The van der Waals surface area contributed by atoms with Gasteiger partial charge in [0.1, 0.15) is 59.8 Å². The summed E-state index contributed by atoms with van der Waals surface area (Å²) in [5, 5.41) is 56.6. The molecule has 1 heterocycles.